The summed E-state index contributed by atoms with van der Waals surface area (Å²) in [5.74, 6) is 0.469. The number of amides is 2. The summed E-state index contributed by atoms with van der Waals surface area (Å²) in [7, 11) is 0. The van der Waals surface area contributed by atoms with Gasteiger partial charge in [-0.2, -0.15) is 0 Å². The van der Waals surface area contributed by atoms with Gasteiger partial charge in [0.1, 0.15) is 17.1 Å². The second kappa shape index (κ2) is 5.19. The average Bonchev–Trinajstić information content (AvgIpc) is 2.96. The highest BCUT2D eigenvalue weighted by molar-refractivity contribution is 5.86. The summed E-state index contributed by atoms with van der Waals surface area (Å²) >= 11 is 0. The standard InChI is InChI=1S/C14H20N2O4/c1-9-5-6-11(20-9)10(2)15-13(19)16-8-4-7-14(16,3)12(17)18/h5-6,10H,4,7-8H2,1-3H3,(H,15,19)(H,17,18). The Balaban J connectivity index is 2.06. The van der Waals surface area contributed by atoms with E-state index in [1.165, 1.54) is 4.90 Å². The lowest BCUT2D eigenvalue weighted by Crippen LogP contribution is -2.54. The second-order valence-electron chi connectivity index (χ2n) is 5.45. The second-order valence-corrected chi connectivity index (χ2v) is 5.45. The lowest BCUT2D eigenvalue weighted by Gasteiger charge is -2.32. The molecule has 0 aromatic carbocycles. The van der Waals surface area contributed by atoms with Crippen molar-refractivity contribution in [1.82, 2.24) is 10.2 Å². The number of hydrogen-bond acceptors (Lipinski definition) is 3. The van der Waals surface area contributed by atoms with Crippen LogP contribution in [0.25, 0.3) is 0 Å². The first-order valence-corrected chi connectivity index (χ1v) is 6.72. The Bertz CT molecular complexity index is 525. The number of carboxylic acid groups (broad SMARTS) is 1. The summed E-state index contributed by atoms with van der Waals surface area (Å²) in [5, 5.41) is 12.1. The summed E-state index contributed by atoms with van der Waals surface area (Å²) in [6, 6.07) is 2.97. The molecule has 1 aliphatic rings. The number of urea groups is 1. The van der Waals surface area contributed by atoms with Crippen molar-refractivity contribution in [3.8, 4) is 0 Å². The van der Waals surface area contributed by atoms with E-state index in [9.17, 15) is 14.7 Å². The van der Waals surface area contributed by atoms with Crippen LogP contribution in [-0.4, -0.2) is 34.1 Å². The molecule has 2 N–H and O–H groups in total. The van der Waals surface area contributed by atoms with Crippen molar-refractivity contribution in [2.24, 2.45) is 0 Å². The molecule has 2 heterocycles. The highest BCUT2D eigenvalue weighted by Crippen LogP contribution is 2.29. The van der Waals surface area contributed by atoms with Gasteiger partial charge in [-0.05, 0) is 45.7 Å². The molecule has 110 valence electrons. The van der Waals surface area contributed by atoms with Crippen LogP contribution in [0.2, 0.25) is 0 Å². The molecule has 2 unspecified atom stereocenters. The van der Waals surface area contributed by atoms with Crippen molar-refractivity contribution in [2.75, 3.05) is 6.54 Å². The van der Waals surface area contributed by atoms with Crippen molar-refractivity contribution < 1.29 is 19.1 Å². The molecular formula is C14H20N2O4. The number of nitrogens with one attached hydrogen (secondary N) is 1. The number of carbonyl (C=O) groups excluding carboxylic acids is 1. The van der Waals surface area contributed by atoms with Crippen LogP contribution >= 0.6 is 0 Å². The van der Waals surface area contributed by atoms with Crippen LogP contribution in [0.15, 0.2) is 16.5 Å². The minimum Gasteiger partial charge on any atom is -0.480 e. The van der Waals surface area contributed by atoms with E-state index in [4.69, 9.17) is 4.42 Å². The SMILES string of the molecule is Cc1ccc(C(C)NC(=O)N2CCCC2(C)C(=O)O)o1. The molecule has 6 heteroatoms. The van der Waals surface area contributed by atoms with Crippen molar-refractivity contribution >= 4 is 12.0 Å². The number of hydrogen-bond donors (Lipinski definition) is 2. The molecule has 2 rings (SSSR count). The molecule has 6 nitrogen and oxygen atoms in total. The summed E-state index contributed by atoms with van der Waals surface area (Å²) in [5.41, 5.74) is -1.12. The highest BCUT2D eigenvalue weighted by Gasteiger charge is 2.46. The van der Waals surface area contributed by atoms with Crippen LogP contribution in [0, 0.1) is 6.92 Å². The number of rotatable bonds is 3. The van der Waals surface area contributed by atoms with Gasteiger partial charge in [-0.15, -0.1) is 0 Å². The molecule has 2 atom stereocenters. The molecular weight excluding hydrogens is 260 g/mol. The van der Waals surface area contributed by atoms with Crippen LogP contribution in [0.5, 0.6) is 0 Å². The third-order valence-electron chi connectivity index (χ3n) is 3.87. The third kappa shape index (κ3) is 2.50. The number of likely N-dealkylation sites (tertiary alicyclic amines) is 1. The molecule has 1 saturated heterocycles. The van der Waals surface area contributed by atoms with Crippen molar-refractivity contribution in [3.63, 3.8) is 0 Å². The molecule has 0 bridgehead atoms. The first-order valence-electron chi connectivity index (χ1n) is 6.72. The first kappa shape index (κ1) is 14.4. The van der Waals surface area contributed by atoms with Gasteiger partial charge in [0.2, 0.25) is 0 Å². The van der Waals surface area contributed by atoms with Crippen molar-refractivity contribution in [1.29, 1.82) is 0 Å². The number of furan rings is 1. The Labute approximate surface area is 117 Å². The predicted octanol–water partition coefficient (Wildman–Crippen LogP) is 2.30. The zero-order valence-electron chi connectivity index (χ0n) is 12.0. The van der Waals surface area contributed by atoms with Gasteiger partial charge < -0.3 is 19.7 Å². The summed E-state index contributed by atoms with van der Waals surface area (Å²) in [6.07, 6.45) is 1.18. The normalized spacial score (nSPS) is 23.6. The number of carbonyl (C=O) groups is 2. The van der Waals surface area contributed by atoms with Crippen LogP contribution < -0.4 is 5.32 Å². The van der Waals surface area contributed by atoms with Crippen molar-refractivity contribution in [3.05, 3.63) is 23.7 Å². The summed E-state index contributed by atoms with van der Waals surface area (Å²) in [4.78, 5) is 25.0. The molecule has 1 aromatic rings. The third-order valence-corrected chi connectivity index (χ3v) is 3.87. The fourth-order valence-corrected chi connectivity index (χ4v) is 2.53. The monoisotopic (exact) mass is 280 g/mol. The highest BCUT2D eigenvalue weighted by atomic mass is 16.4. The van der Waals surface area contributed by atoms with Crippen LogP contribution in [0.3, 0.4) is 0 Å². The van der Waals surface area contributed by atoms with Gasteiger partial charge in [-0.1, -0.05) is 0 Å². The van der Waals surface area contributed by atoms with E-state index in [-0.39, 0.29) is 12.1 Å². The van der Waals surface area contributed by atoms with Gasteiger partial charge in [-0.3, -0.25) is 0 Å². The molecule has 1 aromatic heterocycles. The van der Waals surface area contributed by atoms with E-state index in [1.807, 2.05) is 19.9 Å². The molecule has 0 spiro atoms. The van der Waals surface area contributed by atoms with E-state index < -0.39 is 11.5 Å². The van der Waals surface area contributed by atoms with E-state index >= 15 is 0 Å². The maximum Gasteiger partial charge on any atom is 0.329 e. The molecule has 1 fully saturated rings. The van der Waals surface area contributed by atoms with Crippen LogP contribution in [-0.2, 0) is 4.79 Å². The Morgan fingerprint density at radius 1 is 1.50 bits per heavy atom. The number of aryl methyl sites for hydroxylation is 1. The average molecular weight is 280 g/mol. The zero-order valence-corrected chi connectivity index (χ0v) is 12.0. The lowest BCUT2D eigenvalue weighted by molar-refractivity contribution is -0.147. The fourth-order valence-electron chi connectivity index (χ4n) is 2.53. The lowest BCUT2D eigenvalue weighted by atomic mass is 10.00. The molecule has 2 amide bonds. The Morgan fingerprint density at radius 2 is 2.20 bits per heavy atom. The largest absolute Gasteiger partial charge is 0.480 e. The maximum absolute atomic E-state index is 12.3. The first-order chi connectivity index (χ1) is 9.34. The van der Waals surface area contributed by atoms with Crippen molar-refractivity contribution in [2.45, 2.75) is 45.2 Å². The summed E-state index contributed by atoms with van der Waals surface area (Å²) in [6.45, 7) is 5.69. The van der Waals surface area contributed by atoms with E-state index in [2.05, 4.69) is 5.32 Å². The Hall–Kier alpha value is -1.98. The van der Waals surface area contributed by atoms with Gasteiger partial charge in [0.05, 0.1) is 6.04 Å². The number of nitrogens with zero attached hydrogens (tertiary/aromatic N) is 1. The van der Waals surface area contributed by atoms with Crippen LogP contribution in [0.4, 0.5) is 4.79 Å². The molecule has 0 saturated carbocycles. The topological polar surface area (TPSA) is 82.8 Å². The number of carboxylic acids is 1. The van der Waals surface area contributed by atoms with E-state index in [0.29, 0.717) is 25.1 Å². The molecule has 0 radical (unpaired) electrons. The molecule has 0 aliphatic carbocycles. The van der Waals surface area contributed by atoms with Gasteiger partial charge in [0.25, 0.3) is 0 Å². The zero-order chi connectivity index (χ0) is 14.9. The summed E-state index contributed by atoms with van der Waals surface area (Å²) < 4.78 is 5.46. The Kier molecular flexibility index (Phi) is 3.74. The maximum atomic E-state index is 12.3. The fraction of sp³-hybridized carbons (Fsp3) is 0.571. The smallest absolute Gasteiger partial charge is 0.329 e. The van der Waals surface area contributed by atoms with E-state index in [0.717, 1.165) is 5.76 Å². The van der Waals surface area contributed by atoms with Gasteiger partial charge in [0, 0.05) is 6.54 Å². The number of aliphatic carboxylic acids is 1. The van der Waals surface area contributed by atoms with Gasteiger partial charge in [-0.25, -0.2) is 9.59 Å². The quantitative estimate of drug-likeness (QED) is 0.890. The minimum atomic E-state index is -1.12. The minimum absolute atomic E-state index is 0.296. The van der Waals surface area contributed by atoms with Gasteiger partial charge >= 0.3 is 12.0 Å². The van der Waals surface area contributed by atoms with Gasteiger partial charge in [0.15, 0.2) is 0 Å². The molecule has 1 aliphatic heterocycles. The predicted molar refractivity (Wildman–Crippen MR) is 72.4 cm³/mol. The van der Waals surface area contributed by atoms with E-state index in [1.54, 1.807) is 13.0 Å². The Morgan fingerprint density at radius 3 is 2.75 bits per heavy atom. The molecule has 20 heavy (non-hydrogen) atoms. The van der Waals surface area contributed by atoms with Crippen LogP contribution in [0.1, 0.15) is 44.3 Å².